The van der Waals surface area contributed by atoms with Gasteiger partial charge in [-0.3, -0.25) is 9.36 Å². The van der Waals surface area contributed by atoms with Gasteiger partial charge in [-0.25, -0.2) is 0 Å². The third-order valence-corrected chi connectivity index (χ3v) is 2.76. The predicted octanol–water partition coefficient (Wildman–Crippen LogP) is 3.34. The Morgan fingerprint density at radius 1 is 1.24 bits per heavy atom. The quantitative estimate of drug-likeness (QED) is 0.753. The maximum atomic E-state index is 12.3. The molecular weight excluding hydrogens is 214 g/mol. The van der Waals surface area contributed by atoms with E-state index in [0.29, 0.717) is 0 Å². The lowest BCUT2D eigenvalue weighted by atomic mass is 9.95. The number of hydrogen-bond acceptors (Lipinski definition) is 2. The van der Waals surface area contributed by atoms with Gasteiger partial charge in [0.1, 0.15) is 5.75 Å². The van der Waals surface area contributed by atoms with Crippen molar-refractivity contribution in [1.82, 2.24) is 4.57 Å². The molecule has 0 bridgehead atoms. The highest BCUT2D eigenvalue weighted by Crippen LogP contribution is 2.25. The Labute approximate surface area is 101 Å². The molecule has 0 radical (unpaired) electrons. The monoisotopic (exact) mass is 231 g/mol. The molecule has 0 amide bonds. The number of carbonyl (C=O) groups excluding carboxylic acids is 1. The minimum absolute atomic E-state index is 0.0840. The van der Waals surface area contributed by atoms with E-state index < -0.39 is 5.41 Å². The fourth-order valence-corrected chi connectivity index (χ4v) is 1.77. The average molecular weight is 231 g/mol. The van der Waals surface area contributed by atoms with Crippen molar-refractivity contribution in [1.29, 1.82) is 0 Å². The first-order valence-corrected chi connectivity index (χ1v) is 5.63. The summed E-state index contributed by atoms with van der Waals surface area (Å²) < 4.78 is 6.88. The number of methoxy groups -OCH3 is 1. The van der Waals surface area contributed by atoms with E-state index in [4.69, 9.17) is 4.74 Å². The molecule has 90 valence electrons. The van der Waals surface area contributed by atoms with E-state index in [1.807, 2.05) is 51.2 Å². The van der Waals surface area contributed by atoms with Gasteiger partial charge in [-0.15, -0.1) is 0 Å². The molecule has 0 aliphatic rings. The van der Waals surface area contributed by atoms with Crippen molar-refractivity contribution >= 4 is 16.8 Å². The number of hydrogen-bond donors (Lipinski definition) is 0. The highest BCUT2D eigenvalue weighted by Gasteiger charge is 2.24. The molecule has 3 heteroatoms. The Kier molecular flexibility index (Phi) is 2.69. The van der Waals surface area contributed by atoms with Crippen LogP contribution in [0.25, 0.3) is 10.9 Å². The molecule has 0 spiro atoms. The molecule has 3 nitrogen and oxygen atoms in total. The van der Waals surface area contributed by atoms with Crippen molar-refractivity contribution in [3.8, 4) is 5.75 Å². The molecule has 17 heavy (non-hydrogen) atoms. The van der Waals surface area contributed by atoms with Crippen LogP contribution in [0, 0.1) is 5.41 Å². The normalized spacial score (nSPS) is 11.8. The van der Waals surface area contributed by atoms with Crippen LogP contribution < -0.4 is 4.74 Å². The van der Waals surface area contributed by atoms with Crippen LogP contribution in [0.1, 0.15) is 25.6 Å². The van der Waals surface area contributed by atoms with Crippen LogP contribution in [0.3, 0.4) is 0 Å². The van der Waals surface area contributed by atoms with Gasteiger partial charge in [0.05, 0.1) is 12.6 Å². The molecule has 2 aromatic rings. The fourth-order valence-electron chi connectivity index (χ4n) is 1.77. The number of benzene rings is 1. The summed E-state index contributed by atoms with van der Waals surface area (Å²) in [6.07, 6.45) is 1.82. The van der Waals surface area contributed by atoms with Crippen molar-refractivity contribution in [2.75, 3.05) is 7.11 Å². The Morgan fingerprint density at radius 2 is 1.94 bits per heavy atom. The zero-order valence-corrected chi connectivity index (χ0v) is 10.7. The maximum absolute atomic E-state index is 12.3. The van der Waals surface area contributed by atoms with Gasteiger partial charge < -0.3 is 4.74 Å². The molecule has 0 saturated carbocycles. The topological polar surface area (TPSA) is 31.2 Å². The highest BCUT2D eigenvalue weighted by atomic mass is 16.5. The van der Waals surface area contributed by atoms with Gasteiger partial charge in [-0.1, -0.05) is 20.8 Å². The first-order valence-electron chi connectivity index (χ1n) is 5.63. The first-order chi connectivity index (χ1) is 7.93. The first kappa shape index (κ1) is 11.7. The standard InChI is InChI=1S/C14H17NO2/c1-14(2,3)13(16)15-8-7-10-5-6-11(17-4)9-12(10)15/h5-9H,1-4H3. The van der Waals surface area contributed by atoms with Crippen LogP contribution in [0.5, 0.6) is 5.75 Å². The molecule has 0 fully saturated rings. The molecule has 0 N–H and O–H groups in total. The van der Waals surface area contributed by atoms with E-state index in [-0.39, 0.29) is 5.91 Å². The van der Waals surface area contributed by atoms with Crippen LogP contribution in [0.2, 0.25) is 0 Å². The third kappa shape index (κ3) is 2.05. The minimum Gasteiger partial charge on any atom is -0.497 e. The van der Waals surface area contributed by atoms with Gasteiger partial charge in [-0.2, -0.15) is 0 Å². The minimum atomic E-state index is -0.394. The zero-order valence-electron chi connectivity index (χ0n) is 10.7. The van der Waals surface area contributed by atoms with Crippen molar-refractivity contribution in [3.05, 3.63) is 30.5 Å². The molecule has 0 unspecified atom stereocenters. The summed E-state index contributed by atoms with van der Waals surface area (Å²) in [5.74, 6) is 0.847. The average Bonchev–Trinajstić information content (AvgIpc) is 2.69. The van der Waals surface area contributed by atoms with E-state index >= 15 is 0 Å². The Hall–Kier alpha value is -1.77. The van der Waals surface area contributed by atoms with E-state index in [1.54, 1.807) is 11.7 Å². The maximum Gasteiger partial charge on any atom is 0.236 e. The number of aromatic nitrogens is 1. The van der Waals surface area contributed by atoms with Crippen molar-refractivity contribution in [2.24, 2.45) is 5.41 Å². The van der Waals surface area contributed by atoms with Crippen molar-refractivity contribution in [2.45, 2.75) is 20.8 Å². The number of ether oxygens (including phenoxy) is 1. The lowest BCUT2D eigenvalue weighted by molar-refractivity contribution is 0.0772. The van der Waals surface area contributed by atoms with Gasteiger partial charge in [0.15, 0.2) is 0 Å². The van der Waals surface area contributed by atoms with Crippen molar-refractivity contribution < 1.29 is 9.53 Å². The fraction of sp³-hybridized carbons (Fsp3) is 0.357. The van der Waals surface area contributed by atoms with Gasteiger partial charge in [0.25, 0.3) is 0 Å². The van der Waals surface area contributed by atoms with Crippen molar-refractivity contribution in [3.63, 3.8) is 0 Å². The highest BCUT2D eigenvalue weighted by molar-refractivity contribution is 5.95. The lowest BCUT2D eigenvalue weighted by Gasteiger charge is -2.17. The lowest BCUT2D eigenvalue weighted by Crippen LogP contribution is -2.25. The van der Waals surface area contributed by atoms with Gasteiger partial charge in [-0.05, 0) is 18.2 Å². The smallest absolute Gasteiger partial charge is 0.236 e. The third-order valence-electron chi connectivity index (χ3n) is 2.76. The SMILES string of the molecule is COc1ccc2ccn(C(=O)C(C)(C)C)c2c1. The molecule has 0 atom stereocenters. The summed E-state index contributed by atoms with van der Waals surface area (Å²) >= 11 is 0. The summed E-state index contributed by atoms with van der Waals surface area (Å²) in [4.78, 5) is 12.3. The molecule has 1 aromatic carbocycles. The Morgan fingerprint density at radius 3 is 2.53 bits per heavy atom. The van der Waals surface area contributed by atoms with Crippen LogP contribution in [0.15, 0.2) is 30.5 Å². The van der Waals surface area contributed by atoms with Gasteiger partial charge in [0.2, 0.25) is 5.91 Å². The Bertz CT molecular complexity index is 561. The Balaban J connectivity index is 2.59. The van der Waals surface area contributed by atoms with Crippen LogP contribution >= 0.6 is 0 Å². The number of nitrogens with zero attached hydrogens (tertiary/aromatic N) is 1. The zero-order chi connectivity index (χ0) is 12.6. The summed E-state index contributed by atoms with van der Waals surface area (Å²) in [7, 11) is 1.63. The van der Waals surface area contributed by atoms with E-state index in [0.717, 1.165) is 16.7 Å². The number of fused-ring (bicyclic) bond motifs is 1. The van der Waals surface area contributed by atoms with Gasteiger partial charge >= 0.3 is 0 Å². The second kappa shape index (κ2) is 3.91. The van der Waals surface area contributed by atoms with E-state index in [1.165, 1.54) is 0 Å². The number of carbonyl (C=O) groups is 1. The van der Waals surface area contributed by atoms with Crippen LogP contribution in [-0.2, 0) is 0 Å². The molecule has 2 rings (SSSR count). The second-order valence-electron chi connectivity index (χ2n) is 5.17. The molecule has 1 aromatic heterocycles. The van der Waals surface area contributed by atoms with E-state index in [2.05, 4.69) is 0 Å². The van der Waals surface area contributed by atoms with E-state index in [9.17, 15) is 4.79 Å². The summed E-state index contributed by atoms with van der Waals surface area (Å²) in [5.41, 5.74) is 0.499. The molecular formula is C14H17NO2. The largest absolute Gasteiger partial charge is 0.497 e. The second-order valence-corrected chi connectivity index (χ2v) is 5.17. The summed E-state index contributed by atoms with van der Waals surface area (Å²) in [6.45, 7) is 5.75. The summed E-state index contributed by atoms with van der Waals surface area (Å²) in [5, 5.41) is 1.04. The van der Waals surface area contributed by atoms with Crippen LogP contribution in [-0.4, -0.2) is 17.6 Å². The van der Waals surface area contributed by atoms with Gasteiger partial charge in [0, 0.05) is 23.1 Å². The molecule has 0 aliphatic heterocycles. The van der Waals surface area contributed by atoms with Crippen LogP contribution in [0.4, 0.5) is 0 Å². The molecule has 0 aliphatic carbocycles. The summed E-state index contributed by atoms with van der Waals surface area (Å²) in [6, 6.07) is 7.69. The molecule has 0 saturated heterocycles. The predicted molar refractivity (Wildman–Crippen MR) is 68.6 cm³/mol. The molecule has 1 heterocycles. The number of rotatable bonds is 1.